The number of halogens is 3. The van der Waals surface area contributed by atoms with Crippen molar-refractivity contribution in [2.45, 2.75) is 13.1 Å². The van der Waals surface area contributed by atoms with Crippen LogP contribution < -0.4 is 14.9 Å². The fourth-order valence-electron chi connectivity index (χ4n) is 4.38. The van der Waals surface area contributed by atoms with Crippen molar-refractivity contribution >= 4 is 29.0 Å². The third-order valence-corrected chi connectivity index (χ3v) is 6.29. The Morgan fingerprint density at radius 1 is 0.929 bits per heavy atom. The maximum atomic E-state index is 13.3. The number of hydrogen-bond donors (Lipinski definition) is 2. The lowest BCUT2D eigenvalue weighted by Gasteiger charge is -2.10. The molecule has 0 unspecified atom stereocenters. The van der Waals surface area contributed by atoms with Crippen molar-refractivity contribution in [3.05, 3.63) is 119 Å². The summed E-state index contributed by atoms with van der Waals surface area (Å²) in [6.07, 6.45) is -3.32. The lowest BCUT2D eigenvalue weighted by Crippen LogP contribution is -2.19. The Hall–Kier alpha value is -5.38. The molecule has 2 N–H and O–H groups in total. The van der Waals surface area contributed by atoms with Crippen molar-refractivity contribution in [2.75, 3.05) is 6.61 Å². The van der Waals surface area contributed by atoms with E-state index < -0.39 is 23.6 Å². The van der Waals surface area contributed by atoms with E-state index in [1.807, 2.05) is 55.5 Å². The highest BCUT2D eigenvalue weighted by molar-refractivity contribution is 6.10. The zero-order valence-electron chi connectivity index (χ0n) is 22.2. The molecule has 5 rings (SSSR count). The van der Waals surface area contributed by atoms with Gasteiger partial charge in [-0.15, -0.1) is 0 Å². The highest BCUT2D eigenvalue weighted by atomic mass is 19.4. The number of carbonyl (C=O) groups excluding carboxylic acids is 2. The van der Waals surface area contributed by atoms with Crippen molar-refractivity contribution in [3.8, 4) is 22.6 Å². The molecule has 0 aliphatic heterocycles. The number of ether oxygens (including phenoxy) is 2. The van der Waals surface area contributed by atoms with Crippen LogP contribution in [0.15, 0.2) is 102 Å². The van der Waals surface area contributed by atoms with Crippen molar-refractivity contribution < 1.29 is 32.2 Å². The lowest BCUT2D eigenvalue weighted by atomic mass is 10.0. The molecule has 0 saturated carbocycles. The molecule has 0 spiro atoms. The van der Waals surface area contributed by atoms with E-state index >= 15 is 0 Å². The van der Waals surface area contributed by atoms with E-state index in [1.165, 1.54) is 18.3 Å². The van der Waals surface area contributed by atoms with Gasteiger partial charge < -0.3 is 14.5 Å². The number of benzene rings is 4. The molecule has 0 aliphatic carbocycles. The zero-order chi connectivity index (χ0) is 29.7. The largest absolute Gasteiger partial charge is 0.494 e. The van der Waals surface area contributed by atoms with Gasteiger partial charge in [0.2, 0.25) is 0 Å². The molecular formula is C32H24F3N3O4. The molecule has 0 radical (unpaired) electrons. The first-order valence-electron chi connectivity index (χ1n) is 12.9. The number of amides is 1. The molecule has 0 fully saturated rings. The van der Waals surface area contributed by atoms with Crippen molar-refractivity contribution in [2.24, 2.45) is 5.10 Å². The summed E-state index contributed by atoms with van der Waals surface area (Å²) in [4.78, 5) is 29.1. The van der Waals surface area contributed by atoms with Crippen LogP contribution in [0.2, 0.25) is 0 Å². The van der Waals surface area contributed by atoms with Gasteiger partial charge in [0.15, 0.2) is 0 Å². The first-order chi connectivity index (χ1) is 20.2. The van der Waals surface area contributed by atoms with Crippen molar-refractivity contribution in [1.29, 1.82) is 0 Å². The molecule has 42 heavy (non-hydrogen) atoms. The second kappa shape index (κ2) is 12.0. The van der Waals surface area contributed by atoms with Crippen LogP contribution in [0.5, 0.6) is 11.5 Å². The van der Waals surface area contributed by atoms with Crippen molar-refractivity contribution in [1.82, 2.24) is 10.4 Å². The fraction of sp³-hybridized carbons (Fsp3) is 0.0938. The standard InChI is InChI=1S/C32H24F3N3O4/c1-2-41-24-15-16-26-25(18-24)28(20-9-4-3-5-10-20)29(37-26)30(39)38-36-19-22-11-6-7-14-27(22)42-31(40)21-12-8-13-23(17-21)32(33,34)35/h3-19,37H,2H2,1H3,(H,38,39). The molecule has 1 amide bonds. The van der Waals surface area contributed by atoms with Gasteiger partial charge in [-0.2, -0.15) is 18.3 Å². The highest BCUT2D eigenvalue weighted by Crippen LogP contribution is 2.35. The summed E-state index contributed by atoms with van der Waals surface area (Å²) in [7, 11) is 0. The van der Waals surface area contributed by atoms with Crippen molar-refractivity contribution in [3.63, 3.8) is 0 Å². The number of alkyl halides is 3. The Balaban J connectivity index is 1.38. The molecule has 10 heteroatoms. The van der Waals surface area contributed by atoms with Crippen LogP contribution >= 0.6 is 0 Å². The Morgan fingerprint density at radius 3 is 2.45 bits per heavy atom. The maximum absolute atomic E-state index is 13.3. The normalized spacial score (nSPS) is 11.5. The molecule has 7 nitrogen and oxygen atoms in total. The number of esters is 1. The minimum atomic E-state index is -4.60. The van der Waals surface area contributed by atoms with E-state index in [0.717, 1.165) is 34.7 Å². The number of para-hydroxylation sites is 1. The first-order valence-corrected chi connectivity index (χ1v) is 12.9. The number of H-pyrrole nitrogens is 1. The van der Waals surface area contributed by atoms with E-state index in [9.17, 15) is 22.8 Å². The number of fused-ring (bicyclic) bond motifs is 1. The predicted molar refractivity (Wildman–Crippen MR) is 153 cm³/mol. The maximum Gasteiger partial charge on any atom is 0.416 e. The minimum Gasteiger partial charge on any atom is -0.494 e. The average Bonchev–Trinajstić information content (AvgIpc) is 3.37. The predicted octanol–water partition coefficient (Wildman–Crippen LogP) is 7.24. The summed E-state index contributed by atoms with van der Waals surface area (Å²) in [6, 6.07) is 25.2. The summed E-state index contributed by atoms with van der Waals surface area (Å²) < 4.78 is 50.2. The quantitative estimate of drug-likeness (QED) is 0.0889. The highest BCUT2D eigenvalue weighted by Gasteiger charge is 2.31. The number of aromatic nitrogens is 1. The van der Waals surface area contributed by atoms with Gasteiger partial charge in [-0.3, -0.25) is 4.79 Å². The van der Waals surface area contributed by atoms with E-state index in [-0.39, 0.29) is 17.0 Å². The third kappa shape index (κ3) is 6.17. The minimum absolute atomic E-state index is 0.0527. The van der Waals surface area contributed by atoms with E-state index in [4.69, 9.17) is 9.47 Å². The van der Waals surface area contributed by atoms with Crippen LogP contribution in [0.25, 0.3) is 22.0 Å². The molecule has 1 heterocycles. The molecule has 212 valence electrons. The molecule has 5 aromatic rings. The fourth-order valence-corrected chi connectivity index (χ4v) is 4.38. The molecule has 4 aromatic carbocycles. The summed E-state index contributed by atoms with van der Waals surface area (Å²) in [5, 5.41) is 4.85. The molecule has 0 aliphatic rings. The van der Waals surface area contributed by atoms with Crippen LogP contribution in [-0.4, -0.2) is 29.7 Å². The zero-order valence-corrected chi connectivity index (χ0v) is 22.2. The van der Waals surface area contributed by atoms with Gasteiger partial charge in [-0.25, -0.2) is 10.2 Å². The van der Waals surface area contributed by atoms with E-state index in [2.05, 4.69) is 15.5 Å². The van der Waals surface area contributed by atoms with Gasteiger partial charge in [-0.1, -0.05) is 48.5 Å². The summed E-state index contributed by atoms with van der Waals surface area (Å²) in [5.41, 5.74) is 4.11. The molecule has 0 bridgehead atoms. The number of aromatic amines is 1. The summed E-state index contributed by atoms with van der Waals surface area (Å²) in [5.74, 6) is -0.764. The molecule has 1 aromatic heterocycles. The van der Waals surface area contributed by atoms with Crippen LogP contribution in [0, 0.1) is 0 Å². The topological polar surface area (TPSA) is 92.8 Å². The van der Waals surface area contributed by atoms with Gasteiger partial charge in [0.05, 0.1) is 23.9 Å². The summed E-state index contributed by atoms with van der Waals surface area (Å²) >= 11 is 0. The van der Waals surface area contributed by atoms with Crippen LogP contribution in [0.1, 0.15) is 38.9 Å². The number of rotatable bonds is 8. The summed E-state index contributed by atoms with van der Waals surface area (Å²) in [6.45, 7) is 2.39. The SMILES string of the molecule is CCOc1ccc2[nH]c(C(=O)NN=Cc3ccccc3OC(=O)c3cccc(C(F)(F)F)c3)c(-c3ccccc3)c2c1. The van der Waals surface area contributed by atoms with Gasteiger partial charge in [-0.05, 0) is 61.0 Å². The van der Waals surface area contributed by atoms with Gasteiger partial charge in [0.1, 0.15) is 17.2 Å². The Kier molecular flexibility index (Phi) is 8.05. The van der Waals surface area contributed by atoms with Gasteiger partial charge in [0.25, 0.3) is 5.91 Å². The van der Waals surface area contributed by atoms with Crippen LogP contribution in [-0.2, 0) is 6.18 Å². The number of hydrogen-bond acceptors (Lipinski definition) is 5. The molecule has 0 atom stereocenters. The van der Waals surface area contributed by atoms with Crippen LogP contribution in [0.3, 0.4) is 0 Å². The van der Waals surface area contributed by atoms with Gasteiger partial charge >= 0.3 is 12.1 Å². The number of nitrogens with one attached hydrogen (secondary N) is 2. The second-order valence-corrected chi connectivity index (χ2v) is 9.09. The van der Waals surface area contributed by atoms with Crippen LogP contribution in [0.4, 0.5) is 13.2 Å². The molecular weight excluding hydrogens is 547 g/mol. The smallest absolute Gasteiger partial charge is 0.416 e. The third-order valence-electron chi connectivity index (χ3n) is 6.29. The lowest BCUT2D eigenvalue weighted by molar-refractivity contribution is -0.137. The Labute approximate surface area is 238 Å². The average molecular weight is 572 g/mol. The van der Waals surface area contributed by atoms with E-state index in [1.54, 1.807) is 18.2 Å². The number of nitrogens with zero attached hydrogens (tertiary/aromatic N) is 1. The number of carbonyl (C=O) groups is 2. The Morgan fingerprint density at radius 2 is 1.69 bits per heavy atom. The monoisotopic (exact) mass is 571 g/mol. The molecule has 0 saturated heterocycles. The Bertz CT molecular complexity index is 1780. The number of hydrazone groups is 1. The van der Waals surface area contributed by atoms with Gasteiger partial charge in [0, 0.05) is 22.0 Å². The second-order valence-electron chi connectivity index (χ2n) is 9.09. The first kappa shape index (κ1) is 28.2. The van der Waals surface area contributed by atoms with E-state index in [0.29, 0.717) is 23.5 Å².